The molecule has 3 aromatic rings. The van der Waals surface area contributed by atoms with Gasteiger partial charge in [0.1, 0.15) is 5.82 Å². The van der Waals surface area contributed by atoms with Crippen molar-refractivity contribution in [2.75, 3.05) is 20.3 Å². The highest BCUT2D eigenvalue weighted by Crippen LogP contribution is 2.28. The molecule has 0 fully saturated rings. The molecule has 0 aliphatic heterocycles. The second-order valence-electron chi connectivity index (χ2n) is 5.95. The van der Waals surface area contributed by atoms with Crippen LogP contribution in [0.1, 0.15) is 18.3 Å². The maximum Gasteiger partial charge on any atom is 0.259 e. The number of amides is 1. The Morgan fingerprint density at radius 3 is 2.79 bits per heavy atom. The predicted molar refractivity (Wildman–Crippen MR) is 108 cm³/mol. The molecule has 0 aliphatic carbocycles. The molecule has 0 spiro atoms. The summed E-state index contributed by atoms with van der Waals surface area (Å²) in [5.41, 5.74) is 1.28. The molecule has 0 aliphatic rings. The average Bonchev–Trinajstić information content (AvgIpc) is 2.71. The number of ether oxygens (including phenoxy) is 2. The van der Waals surface area contributed by atoms with Crippen LogP contribution in [0, 0.1) is 0 Å². The zero-order valence-corrected chi connectivity index (χ0v) is 15.7. The van der Waals surface area contributed by atoms with Gasteiger partial charge in [0, 0.05) is 6.54 Å². The molecule has 0 saturated carbocycles. The minimum Gasteiger partial charge on any atom is -0.493 e. The SMILES string of the molecule is CCNC(=O)COc1ccc(/C=C/c2nc3ccccc3c(=O)[nH]2)cc1OC. The number of benzene rings is 2. The van der Waals surface area contributed by atoms with E-state index >= 15 is 0 Å². The molecule has 0 saturated heterocycles. The Morgan fingerprint density at radius 1 is 1.18 bits per heavy atom. The average molecular weight is 379 g/mol. The van der Waals surface area contributed by atoms with Crippen LogP contribution in [0.5, 0.6) is 11.5 Å². The van der Waals surface area contributed by atoms with E-state index in [2.05, 4.69) is 15.3 Å². The van der Waals surface area contributed by atoms with E-state index in [1.54, 1.807) is 36.4 Å². The fourth-order valence-electron chi connectivity index (χ4n) is 2.66. The zero-order valence-electron chi connectivity index (χ0n) is 15.7. The number of methoxy groups -OCH3 is 1. The maximum atomic E-state index is 12.1. The number of hydrogen-bond donors (Lipinski definition) is 2. The first-order valence-corrected chi connectivity index (χ1v) is 8.85. The minimum absolute atomic E-state index is 0.0817. The Bertz CT molecular complexity index is 1070. The molecule has 144 valence electrons. The van der Waals surface area contributed by atoms with Gasteiger partial charge in [-0.2, -0.15) is 0 Å². The van der Waals surface area contributed by atoms with Crippen LogP contribution in [0.4, 0.5) is 0 Å². The molecule has 0 atom stereocenters. The minimum atomic E-state index is -0.195. The van der Waals surface area contributed by atoms with E-state index < -0.39 is 0 Å². The van der Waals surface area contributed by atoms with Gasteiger partial charge >= 0.3 is 0 Å². The third-order valence-corrected chi connectivity index (χ3v) is 3.99. The Kier molecular flexibility index (Phi) is 6.06. The number of aromatic nitrogens is 2. The molecule has 0 unspecified atom stereocenters. The van der Waals surface area contributed by atoms with E-state index in [1.807, 2.05) is 25.1 Å². The number of aromatic amines is 1. The molecule has 0 radical (unpaired) electrons. The lowest BCUT2D eigenvalue weighted by molar-refractivity contribution is -0.123. The highest BCUT2D eigenvalue weighted by Gasteiger charge is 2.08. The number of H-pyrrole nitrogens is 1. The Balaban J connectivity index is 1.79. The highest BCUT2D eigenvalue weighted by atomic mass is 16.5. The highest BCUT2D eigenvalue weighted by molar-refractivity contribution is 5.79. The van der Waals surface area contributed by atoms with E-state index in [4.69, 9.17) is 9.47 Å². The first kappa shape index (κ1) is 19.2. The van der Waals surface area contributed by atoms with E-state index in [1.165, 1.54) is 7.11 Å². The van der Waals surface area contributed by atoms with Crippen LogP contribution >= 0.6 is 0 Å². The molecule has 1 heterocycles. The first-order chi connectivity index (χ1) is 13.6. The van der Waals surface area contributed by atoms with E-state index in [-0.39, 0.29) is 18.1 Å². The summed E-state index contributed by atoms with van der Waals surface area (Å²) in [6, 6.07) is 12.5. The van der Waals surface area contributed by atoms with Gasteiger partial charge in [-0.15, -0.1) is 0 Å². The lowest BCUT2D eigenvalue weighted by atomic mass is 10.2. The van der Waals surface area contributed by atoms with Crippen molar-refractivity contribution >= 4 is 29.0 Å². The largest absolute Gasteiger partial charge is 0.493 e. The number of carbonyl (C=O) groups excluding carboxylic acids is 1. The summed E-state index contributed by atoms with van der Waals surface area (Å²) in [7, 11) is 1.53. The third kappa shape index (κ3) is 4.56. The van der Waals surface area contributed by atoms with Gasteiger partial charge in [0.05, 0.1) is 18.0 Å². The summed E-state index contributed by atoms with van der Waals surface area (Å²) in [4.78, 5) is 30.9. The molecule has 2 N–H and O–H groups in total. The van der Waals surface area contributed by atoms with Gasteiger partial charge in [-0.3, -0.25) is 9.59 Å². The predicted octanol–water partition coefficient (Wildman–Crippen LogP) is 2.62. The first-order valence-electron chi connectivity index (χ1n) is 8.85. The van der Waals surface area contributed by atoms with Gasteiger partial charge in [-0.25, -0.2) is 4.98 Å². The molecule has 28 heavy (non-hydrogen) atoms. The van der Waals surface area contributed by atoms with Gasteiger partial charge in [-0.05, 0) is 42.8 Å². The van der Waals surface area contributed by atoms with Gasteiger partial charge < -0.3 is 19.8 Å². The van der Waals surface area contributed by atoms with Crippen LogP contribution in [0.2, 0.25) is 0 Å². The van der Waals surface area contributed by atoms with Gasteiger partial charge in [-0.1, -0.05) is 24.3 Å². The molecule has 7 heteroatoms. The van der Waals surface area contributed by atoms with Crippen molar-refractivity contribution in [1.82, 2.24) is 15.3 Å². The van der Waals surface area contributed by atoms with Crippen LogP contribution in [-0.2, 0) is 4.79 Å². The number of hydrogen-bond acceptors (Lipinski definition) is 5. The summed E-state index contributed by atoms with van der Waals surface area (Å²) >= 11 is 0. The van der Waals surface area contributed by atoms with Crippen molar-refractivity contribution in [3.05, 3.63) is 64.2 Å². The molecule has 0 bridgehead atoms. The van der Waals surface area contributed by atoms with Gasteiger partial charge in [0.15, 0.2) is 18.1 Å². The Labute approximate surface area is 162 Å². The normalized spacial score (nSPS) is 10.9. The van der Waals surface area contributed by atoms with Crippen LogP contribution in [0.25, 0.3) is 23.1 Å². The number of nitrogens with one attached hydrogen (secondary N) is 2. The zero-order chi connectivity index (χ0) is 19.9. The summed E-state index contributed by atoms with van der Waals surface area (Å²) in [6.07, 6.45) is 3.53. The van der Waals surface area contributed by atoms with Crippen molar-refractivity contribution in [2.24, 2.45) is 0 Å². The quantitative estimate of drug-likeness (QED) is 0.658. The topological polar surface area (TPSA) is 93.3 Å². The maximum absolute atomic E-state index is 12.1. The lowest BCUT2D eigenvalue weighted by Gasteiger charge is -2.11. The van der Waals surface area contributed by atoms with Crippen LogP contribution in [0.3, 0.4) is 0 Å². The smallest absolute Gasteiger partial charge is 0.259 e. The fraction of sp³-hybridized carbons (Fsp3) is 0.190. The van der Waals surface area contributed by atoms with Crippen LogP contribution in [0.15, 0.2) is 47.3 Å². The summed E-state index contributed by atoms with van der Waals surface area (Å²) in [5, 5.41) is 3.22. The van der Waals surface area contributed by atoms with Crippen molar-refractivity contribution in [2.45, 2.75) is 6.92 Å². The third-order valence-electron chi connectivity index (χ3n) is 3.99. The van der Waals surface area contributed by atoms with Crippen molar-refractivity contribution in [3.63, 3.8) is 0 Å². The van der Waals surface area contributed by atoms with Crippen molar-refractivity contribution in [3.8, 4) is 11.5 Å². The van der Waals surface area contributed by atoms with Crippen LogP contribution < -0.4 is 20.3 Å². The number of likely N-dealkylation sites (N-methyl/N-ethyl adjacent to an activating group) is 1. The van der Waals surface area contributed by atoms with E-state index in [0.29, 0.717) is 34.8 Å². The number of fused-ring (bicyclic) bond motifs is 1. The van der Waals surface area contributed by atoms with Crippen LogP contribution in [-0.4, -0.2) is 36.1 Å². The molecular weight excluding hydrogens is 358 g/mol. The van der Waals surface area contributed by atoms with Gasteiger partial charge in [0.25, 0.3) is 11.5 Å². The molecule has 3 rings (SSSR count). The van der Waals surface area contributed by atoms with Crippen molar-refractivity contribution in [1.29, 1.82) is 0 Å². The lowest BCUT2D eigenvalue weighted by Crippen LogP contribution is -2.28. The Hall–Kier alpha value is -3.61. The second kappa shape index (κ2) is 8.85. The summed E-state index contributed by atoms with van der Waals surface area (Å²) in [6.45, 7) is 2.31. The number of nitrogens with zero attached hydrogens (tertiary/aromatic N) is 1. The van der Waals surface area contributed by atoms with E-state index in [9.17, 15) is 9.59 Å². The fourth-order valence-corrected chi connectivity index (χ4v) is 2.66. The Morgan fingerprint density at radius 2 is 2.00 bits per heavy atom. The number of para-hydroxylation sites is 1. The summed E-state index contributed by atoms with van der Waals surface area (Å²) < 4.78 is 10.8. The monoisotopic (exact) mass is 379 g/mol. The molecule has 1 amide bonds. The van der Waals surface area contributed by atoms with E-state index in [0.717, 1.165) is 5.56 Å². The van der Waals surface area contributed by atoms with Gasteiger partial charge in [0.2, 0.25) is 0 Å². The summed E-state index contributed by atoms with van der Waals surface area (Å²) in [5.74, 6) is 1.24. The molecular formula is C21H21N3O4. The second-order valence-corrected chi connectivity index (χ2v) is 5.95. The number of carbonyl (C=O) groups is 1. The number of rotatable bonds is 7. The molecule has 2 aromatic carbocycles. The molecule has 1 aromatic heterocycles. The van der Waals surface area contributed by atoms with Crippen molar-refractivity contribution < 1.29 is 14.3 Å². The standard InChI is InChI=1S/C21H21N3O4/c1-3-22-20(25)13-28-17-10-8-14(12-18(17)27-2)9-11-19-23-16-7-5-4-6-15(16)21(26)24-19/h4-12H,3,13H2,1-2H3,(H,22,25)(H,23,24,26)/b11-9+. The molecule has 7 nitrogen and oxygen atoms in total.